The molecule has 1 aromatic rings. The van der Waals surface area contributed by atoms with Crippen LogP contribution in [0.4, 0.5) is 10.9 Å². The van der Waals surface area contributed by atoms with Crippen molar-refractivity contribution in [1.29, 1.82) is 0 Å². The van der Waals surface area contributed by atoms with Crippen LogP contribution < -0.4 is 10.6 Å². The summed E-state index contributed by atoms with van der Waals surface area (Å²) in [5.74, 6) is 1.07. The monoisotopic (exact) mass is 255 g/mol. The summed E-state index contributed by atoms with van der Waals surface area (Å²) in [6.45, 7) is 4.09. The minimum atomic E-state index is -0.354. The summed E-state index contributed by atoms with van der Waals surface area (Å²) in [5.41, 5.74) is 5.68. The Hall–Kier alpha value is -1.30. The molecule has 2 N–H and O–H groups in total. The van der Waals surface area contributed by atoms with Gasteiger partial charge in [-0.1, -0.05) is 18.3 Å². The van der Waals surface area contributed by atoms with Crippen molar-refractivity contribution in [1.82, 2.24) is 4.98 Å². The van der Waals surface area contributed by atoms with Gasteiger partial charge in [0.1, 0.15) is 0 Å². The van der Waals surface area contributed by atoms with E-state index in [2.05, 4.69) is 16.8 Å². The van der Waals surface area contributed by atoms with Crippen molar-refractivity contribution >= 4 is 28.3 Å². The van der Waals surface area contributed by atoms with Gasteiger partial charge in [-0.15, -0.1) is 0 Å². The summed E-state index contributed by atoms with van der Waals surface area (Å²) < 4.78 is 4.75. The lowest BCUT2D eigenvalue weighted by Gasteiger charge is -2.30. The van der Waals surface area contributed by atoms with Crippen LogP contribution in [-0.4, -0.2) is 31.2 Å². The van der Waals surface area contributed by atoms with Crippen molar-refractivity contribution in [3.63, 3.8) is 0 Å². The van der Waals surface area contributed by atoms with E-state index in [0.717, 1.165) is 31.8 Å². The molecule has 1 saturated heterocycles. The molecule has 0 aliphatic carbocycles. The fraction of sp³-hybridized carbons (Fsp3) is 0.636. The number of aromatic nitrogens is 1. The van der Waals surface area contributed by atoms with Gasteiger partial charge in [0, 0.05) is 13.1 Å². The second-order valence-corrected chi connectivity index (χ2v) is 5.40. The molecule has 94 valence electrons. The molecular weight excluding hydrogens is 238 g/mol. The zero-order valence-corrected chi connectivity index (χ0v) is 10.9. The number of methoxy groups -OCH3 is 1. The predicted octanol–water partition coefficient (Wildman–Crippen LogP) is 1.75. The minimum absolute atomic E-state index is 0.354. The maximum Gasteiger partial charge on any atom is 0.352 e. The van der Waals surface area contributed by atoms with Gasteiger partial charge in [0.15, 0.2) is 15.8 Å². The van der Waals surface area contributed by atoms with Crippen LogP contribution in [0.1, 0.15) is 29.4 Å². The maximum atomic E-state index is 11.6. The highest BCUT2D eigenvalue weighted by atomic mass is 32.1. The molecule has 0 bridgehead atoms. The molecule has 1 fully saturated rings. The van der Waals surface area contributed by atoms with Crippen LogP contribution >= 0.6 is 11.3 Å². The van der Waals surface area contributed by atoms with Gasteiger partial charge in [-0.05, 0) is 18.8 Å². The first-order valence-corrected chi connectivity index (χ1v) is 6.53. The summed E-state index contributed by atoms with van der Waals surface area (Å²) in [5, 5.41) is 0.416. The Balaban J connectivity index is 2.22. The highest BCUT2D eigenvalue weighted by Crippen LogP contribution is 2.31. The summed E-state index contributed by atoms with van der Waals surface area (Å²) in [4.78, 5) is 18.5. The van der Waals surface area contributed by atoms with Gasteiger partial charge in [0.05, 0.1) is 7.11 Å². The van der Waals surface area contributed by atoms with E-state index < -0.39 is 0 Å². The number of anilines is 2. The first-order valence-electron chi connectivity index (χ1n) is 5.71. The molecule has 0 spiro atoms. The number of thiazole rings is 1. The number of rotatable bonds is 2. The first-order chi connectivity index (χ1) is 8.11. The van der Waals surface area contributed by atoms with Gasteiger partial charge in [0.25, 0.3) is 0 Å². The summed E-state index contributed by atoms with van der Waals surface area (Å²) >= 11 is 1.19. The Morgan fingerprint density at radius 1 is 1.53 bits per heavy atom. The number of piperidine rings is 1. The number of carbonyl (C=O) groups excluding carboxylic acids is 1. The van der Waals surface area contributed by atoms with E-state index in [-0.39, 0.29) is 5.97 Å². The van der Waals surface area contributed by atoms with Gasteiger partial charge < -0.3 is 15.4 Å². The molecule has 1 aliphatic heterocycles. The second kappa shape index (κ2) is 4.91. The summed E-state index contributed by atoms with van der Waals surface area (Å²) in [7, 11) is 1.38. The molecule has 0 atom stereocenters. The van der Waals surface area contributed by atoms with Gasteiger partial charge in [0.2, 0.25) is 0 Å². The Bertz CT molecular complexity index is 411. The predicted molar refractivity (Wildman–Crippen MR) is 68.5 cm³/mol. The molecule has 1 aliphatic rings. The first kappa shape index (κ1) is 12.2. The molecule has 2 heterocycles. The van der Waals surface area contributed by atoms with Gasteiger partial charge >= 0.3 is 5.97 Å². The van der Waals surface area contributed by atoms with E-state index in [9.17, 15) is 4.79 Å². The van der Waals surface area contributed by atoms with Crippen molar-refractivity contribution in [3.8, 4) is 0 Å². The second-order valence-electron chi connectivity index (χ2n) is 4.37. The summed E-state index contributed by atoms with van der Waals surface area (Å²) in [6.07, 6.45) is 2.25. The minimum Gasteiger partial charge on any atom is -0.465 e. The third kappa shape index (κ3) is 2.52. The Labute approximate surface area is 105 Å². The van der Waals surface area contributed by atoms with Crippen LogP contribution in [0.2, 0.25) is 0 Å². The maximum absolute atomic E-state index is 11.6. The molecule has 0 unspecified atom stereocenters. The van der Waals surface area contributed by atoms with Gasteiger partial charge in [-0.3, -0.25) is 0 Å². The number of nitrogens with two attached hydrogens (primary N) is 1. The molecule has 0 aromatic carbocycles. The average Bonchev–Trinajstić information content (AvgIpc) is 2.71. The van der Waals surface area contributed by atoms with Crippen LogP contribution in [0.3, 0.4) is 0 Å². The van der Waals surface area contributed by atoms with Crippen LogP contribution in [0, 0.1) is 5.92 Å². The number of ether oxygens (including phenoxy) is 1. The summed E-state index contributed by atoms with van der Waals surface area (Å²) in [6, 6.07) is 0. The Kier molecular flexibility index (Phi) is 3.51. The largest absolute Gasteiger partial charge is 0.465 e. The fourth-order valence-corrected chi connectivity index (χ4v) is 2.76. The van der Waals surface area contributed by atoms with Crippen molar-refractivity contribution < 1.29 is 9.53 Å². The van der Waals surface area contributed by atoms with E-state index in [1.165, 1.54) is 18.4 Å². The molecule has 0 radical (unpaired) electrons. The topological polar surface area (TPSA) is 68.5 Å². The molecule has 2 rings (SSSR count). The quantitative estimate of drug-likeness (QED) is 0.815. The van der Waals surface area contributed by atoms with E-state index in [1.807, 2.05) is 0 Å². The molecular formula is C11H17N3O2S. The van der Waals surface area contributed by atoms with E-state index in [0.29, 0.717) is 15.8 Å². The fourth-order valence-electron chi connectivity index (χ4n) is 1.99. The molecule has 0 saturated carbocycles. The highest BCUT2D eigenvalue weighted by molar-refractivity contribution is 7.17. The standard InChI is InChI=1S/C11H17N3O2S/c1-7-3-5-14(6-4-7)9-8(10(15)16-2)17-11(12)13-9/h7H,3-6H2,1-2H3,(H2,12,13). The Morgan fingerprint density at radius 3 is 2.76 bits per heavy atom. The third-order valence-electron chi connectivity index (χ3n) is 3.08. The number of nitrogen functional groups attached to an aromatic ring is 1. The number of esters is 1. The van der Waals surface area contributed by atoms with Gasteiger partial charge in [-0.2, -0.15) is 0 Å². The highest BCUT2D eigenvalue weighted by Gasteiger charge is 2.25. The third-order valence-corrected chi connectivity index (χ3v) is 3.93. The van der Waals surface area contributed by atoms with Crippen molar-refractivity contribution in [2.75, 3.05) is 30.8 Å². The van der Waals surface area contributed by atoms with E-state index in [4.69, 9.17) is 10.5 Å². The molecule has 1 aromatic heterocycles. The normalized spacial score (nSPS) is 17.2. The van der Waals surface area contributed by atoms with Crippen molar-refractivity contribution in [2.45, 2.75) is 19.8 Å². The Morgan fingerprint density at radius 2 is 2.18 bits per heavy atom. The number of hydrogen-bond donors (Lipinski definition) is 1. The zero-order valence-electron chi connectivity index (χ0n) is 10.1. The van der Waals surface area contributed by atoms with Crippen molar-refractivity contribution in [3.05, 3.63) is 4.88 Å². The molecule has 0 amide bonds. The lowest BCUT2D eigenvalue weighted by Crippen LogP contribution is -2.34. The van der Waals surface area contributed by atoms with Crippen LogP contribution in [0.5, 0.6) is 0 Å². The zero-order chi connectivity index (χ0) is 12.4. The number of nitrogens with zero attached hydrogens (tertiary/aromatic N) is 2. The molecule has 17 heavy (non-hydrogen) atoms. The van der Waals surface area contributed by atoms with Crippen LogP contribution in [-0.2, 0) is 4.74 Å². The van der Waals surface area contributed by atoms with Crippen LogP contribution in [0.25, 0.3) is 0 Å². The van der Waals surface area contributed by atoms with Gasteiger partial charge in [-0.25, -0.2) is 9.78 Å². The van der Waals surface area contributed by atoms with E-state index >= 15 is 0 Å². The lowest BCUT2D eigenvalue weighted by atomic mass is 9.99. The lowest BCUT2D eigenvalue weighted by molar-refractivity contribution is 0.0606. The average molecular weight is 255 g/mol. The smallest absolute Gasteiger partial charge is 0.352 e. The van der Waals surface area contributed by atoms with Crippen LogP contribution in [0.15, 0.2) is 0 Å². The number of hydrogen-bond acceptors (Lipinski definition) is 6. The van der Waals surface area contributed by atoms with Crippen molar-refractivity contribution in [2.24, 2.45) is 5.92 Å². The molecule has 6 heteroatoms. The number of carbonyl (C=O) groups is 1. The SMILES string of the molecule is COC(=O)c1sc(N)nc1N1CCC(C)CC1. The van der Waals surface area contributed by atoms with E-state index in [1.54, 1.807) is 0 Å². The molecule has 5 nitrogen and oxygen atoms in total.